The number of nitrogens with zero attached hydrogens (tertiary/aromatic N) is 1. The summed E-state index contributed by atoms with van der Waals surface area (Å²) in [7, 11) is 4.13. The van der Waals surface area contributed by atoms with Crippen molar-refractivity contribution < 1.29 is 0 Å². The molecule has 2 N–H and O–H groups in total. The first-order chi connectivity index (χ1) is 8.08. The molecule has 90 valence electrons. The van der Waals surface area contributed by atoms with E-state index in [4.69, 9.17) is 17.3 Å². The van der Waals surface area contributed by atoms with Crippen molar-refractivity contribution in [1.82, 2.24) is 4.90 Å². The standard InChI is InChI=1S/C13H15ClN2S/c1-16(2)13(11-7-8-12(14)17-11)9-3-5-10(15)6-4-9/h3-8,13H,15H2,1-2H3. The van der Waals surface area contributed by atoms with Gasteiger partial charge in [-0.1, -0.05) is 23.7 Å². The van der Waals surface area contributed by atoms with Gasteiger partial charge in [-0.25, -0.2) is 0 Å². The van der Waals surface area contributed by atoms with Crippen LogP contribution in [0, 0.1) is 0 Å². The summed E-state index contributed by atoms with van der Waals surface area (Å²) >= 11 is 7.62. The first kappa shape index (κ1) is 12.4. The van der Waals surface area contributed by atoms with Crippen molar-refractivity contribution in [1.29, 1.82) is 0 Å². The van der Waals surface area contributed by atoms with Crippen molar-refractivity contribution >= 4 is 28.6 Å². The number of rotatable bonds is 3. The first-order valence-electron chi connectivity index (χ1n) is 5.35. The second-order valence-electron chi connectivity index (χ2n) is 4.17. The van der Waals surface area contributed by atoms with Crippen molar-refractivity contribution in [3.8, 4) is 0 Å². The van der Waals surface area contributed by atoms with Gasteiger partial charge in [-0.05, 0) is 43.9 Å². The van der Waals surface area contributed by atoms with Crippen LogP contribution in [0.4, 0.5) is 5.69 Å². The molecule has 2 aromatic rings. The molecule has 0 saturated heterocycles. The van der Waals surface area contributed by atoms with Gasteiger partial charge in [0.15, 0.2) is 0 Å². The third-order valence-electron chi connectivity index (χ3n) is 2.63. The quantitative estimate of drug-likeness (QED) is 0.860. The molecular weight excluding hydrogens is 252 g/mol. The van der Waals surface area contributed by atoms with Gasteiger partial charge in [0.25, 0.3) is 0 Å². The van der Waals surface area contributed by atoms with E-state index in [9.17, 15) is 0 Å². The van der Waals surface area contributed by atoms with Crippen LogP contribution in [0.5, 0.6) is 0 Å². The van der Waals surface area contributed by atoms with Crippen molar-refractivity contribution in [2.24, 2.45) is 0 Å². The van der Waals surface area contributed by atoms with Gasteiger partial charge in [0.05, 0.1) is 10.4 Å². The number of nitrogen functional groups attached to an aromatic ring is 1. The first-order valence-corrected chi connectivity index (χ1v) is 6.54. The number of benzene rings is 1. The Labute approximate surface area is 111 Å². The Hall–Kier alpha value is -1.03. The summed E-state index contributed by atoms with van der Waals surface area (Å²) in [6.45, 7) is 0. The highest BCUT2D eigenvalue weighted by Gasteiger charge is 2.18. The zero-order chi connectivity index (χ0) is 12.4. The van der Waals surface area contributed by atoms with Crippen LogP contribution in [0.25, 0.3) is 0 Å². The SMILES string of the molecule is CN(C)C(c1ccc(N)cc1)c1ccc(Cl)s1. The van der Waals surface area contributed by atoms with Crippen LogP contribution in [0.1, 0.15) is 16.5 Å². The van der Waals surface area contributed by atoms with Gasteiger partial charge in [0, 0.05) is 10.6 Å². The molecule has 0 aliphatic heterocycles. The van der Waals surface area contributed by atoms with Gasteiger partial charge in [-0.15, -0.1) is 11.3 Å². The molecular formula is C13H15ClN2S. The van der Waals surface area contributed by atoms with Gasteiger partial charge in [0.1, 0.15) is 0 Å². The number of thiophene rings is 1. The highest BCUT2D eigenvalue weighted by molar-refractivity contribution is 7.16. The van der Waals surface area contributed by atoms with Crippen LogP contribution >= 0.6 is 22.9 Å². The second kappa shape index (κ2) is 5.08. The molecule has 4 heteroatoms. The Balaban J connectivity index is 2.39. The Morgan fingerprint density at radius 2 is 1.76 bits per heavy atom. The highest BCUT2D eigenvalue weighted by Crippen LogP contribution is 2.34. The van der Waals surface area contributed by atoms with Crippen molar-refractivity contribution in [2.45, 2.75) is 6.04 Å². The molecule has 1 atom stereocenters. The average Bonchev–Trinajstić information content (AvgIpc) is 2.68. The predicted octanol–water partition coefficient (Wildman–Crippen LogP) is 3.63. The third-order valence-corrected chi connectivity index (χ3v) is 3.92. The summed E-state index contributed by atoms with van der Waals surface area (Å²) in [6, 6.07) is 12.2. The molecule has 1 heterocycles. The molecule has 1 aromatic carbocycles. The average molecular weight is 267 g/mol. The number of halogens is 1. The van der Waals surface area contributed by atoms with E-state index in [1.807, 2.05) is 18.2 Å². The molecule has 1 aromatic heterocycles. The Kier molecular flexibility index (Phi) is 3.72. The number of hydrogen-bond donors (Lipinski definition) is 1. The minimum Gasteiger partial charge on any atom is -0.399 e. The summed E-state index contributed by atoms with van der Waals surface area (Å²) in [4.78, 5) is 3.41. The van der Waals surface area contributed by atoms with Crippen LogP contribution < -0.4 is 5.73 Å². The van der Waals surface area contributed by atoms with E-state index in [1.165, 1.54) is 10.4 Å². The van der Waals surface area contributed by atoms with E-state index in [0.717, 1.165) is 10.0 Å². The zero-order valence-electron chi connectivity index (χ0n) is 9.85. The molecule has 0 amide bonds. The molecule has 0 fully saturated rings. The highest BCUT2D eigenvalue weighted by atomic mass is 35.5. The van der Waals surface area contributed by atoms with E-state index < -0.39 is 0 Å². The molecule has 0 radical (unpaired) electrons. The summed E-state index contributed by atoms with van der Waals surface area (Å²) in [5.41, 5.74) is 7.73. The minimum atomic E-state index is 0.230. The fraction of sp³-hybridized carbons (Fsp3) is 0.231. The Morgan fingerprint density at radius 3 is 2.24 bits per heavy atom. The van der Waals surface area contributed by atoms with E-state index in [-0.39, 0.29) is 6.04 Å². The lowest BCUT2D eigenvalue weighted by Crippen LogP contribution is -2.20. The van der Waals surface area contributed by atoms with E-state index in [0.29, 0.717) is 0 Å². The third kappa shape index (κ3) is 2.80. The van der Waals surface area contributed by atoms with Gasteiger partial charge in [-0.2, -0.15) is 0 Å². The van der Waals surface area contributed by atoms with E-state index in [2.05, 4.69) is 37.2 Å². The Morgan fingerprint density at radius 1 is 1.12 bits per heavy atom. The van der Waals surface area contributed by atoms with Crippen molar-refractivity contribution in [3.05, 3.63) is 51.2 Å². The predicted molar refractivity (Wildman–Crippen MR) is 75.7 cm³/mol. The van der Waals surface area contributed by atoms with Gasteiger partial charge >= 0.3 is 0 Å². The fourth-order valence-corrected chi connectivity index (χ4v) is 3.16. The minimum absolute atomic E-state index is 0.230. The maximum atomic E-state index is 6.00. The van der Waals surface area contributed by atoms with E-state index in [1.54, 1.807) is 11.3 Å². The largest absolute Gasteiger partial charge is 0.399 e. The summed E-state index contributed by atoms with van der Waals surface area (Å²) in [5, 5.41) is 0. The van der Waals surface area contributed by atoms with Crippen LogP contribution in [-0.2, 0) is 0 Å². The lowest BCUT2D eigenvalue weighted by Gasteiger charge is -2.23. The number of hydrogen-bond acceptors (Lipinski definition) is 3. The molecule has 17 heavy (non-hydrogen) atoms. The van der Waals surface area contributed by atoms with Crippen LogP contribution in [0.15, 0.2) is 36.4 Å². The van der Waals surface area contributed by atoms with E-state index >= 15 is 0 Å². The zero-order valence-corrected chi connectivity index (χ0v) is 11.4. The summed E-state index contributed by atoms with van der Waals surface area (Å²) in [6.07, 6.45) is 0. The van der Waals surface area contributed by atoms with Gasteiger partial charge < -0.3 is 5.73 Å². The Bertz CT molecular complexity index is 490. The van der Waals surface area contributed by atoms with Crippen molar-refractivity contribution in [2.75, 3.05) is 19.8 Å². The lowest BCUT2D eigenvalue weighted by atomic mass is 10.0. The lowest BCUT2D eigenvalue weighted by molar-refractivity contribution is 0.346. The normalized spacial score (nSPS) is 12.9. The number of nitrogens with two attached hydrogens (primary N) is 1. The maximum Gasteiger partial charge on any atom is 0.0931 e. The molecule has 2 nitrogen and oxygen atoms in total. The van der Waals surface area contributed by atoms with Gasteiger partial charge in [-0.3, -0.25) is 4.90 Å². The van der Waals surface area contributed by atoms with Crippen LogP contribution in [0.3, 0.4) is 0 Å². The molecule has 0 aliphatic carbocycles. The molecule has 2 rings (SSSR count). The van der Waals surface area contributed by atoms with Crippen LogP contribution in [0.2, 0.25) is 4.34 Å². The summed E-state index contributed by atoms with van der Waals surface area (Å²) < 4.78 is 0.822. The maximum absolute atomic E-state index is 6.00. The molecule has 0 saturated carbocycles. The smallest absolute Gasteiger partial charge is 0.0931 e. The number of anilines is 1. The van der Waals surface area contributed by atoms with Crippen LogP contribution in [-0.4, -0.2) is 19.0 Å². The molecule has 0 bridgehead atoms. The summed E-state index contributed by atoms with van der Waals surface area (Å²) in [5.74, 6) is 0. The van der Waals surface area contributed by atoms with Crippen molar-refractivity contribution in [3.63, 3.8) is 0 Å². The molecule has 1 unspecified atom stereocenters. The topological polar surface area (TPSA) is 29.3 Å². The second-order valence-corrected chi connectivity index (χ2v) is 5.92. The molecule has 0 spiro atoms. The fourth-order valence-electron chi connectivity index (χ4n) is 1.87. The monoisotopic (exact) mass is 266 g/mol. The van der Waals surface area contributed by atoms with Gasteiger partial charge in [0.2, 0.25) is 0 Å². The molecule has 0 aliphatic rings.